The van der Waals surface area contributed by atoms with Crippen LogP contribution in [0.5, 0.6) is 5.75 Å². The van der Waals surface area contributed by atoms with Crippen LogP contribution >= 0.6 is 24.0 Å². The van der Waals surface area contributed by atoms with Crippen molar-refractivity contribution in [3.63, 3.8) is 0 Å². The predicted octanol–water partition coefficient (Wildman–Crippen LogP) is 2.20. The van der Waals surface area contributed by atoms with Crippen molar-refractivity contribution in [2.45, 2.75) is 39.8 Å². The van der Waals surface area contributed by atoms with Crippen LogP contribution in [0, 0.1) is 6.92 Å². The molecule has 7 heteroatoms. The van der Waals surface area contributed by atoms with Gasteiger partial charge in [0, 0.05) is 38.2 Å². The standard InChI is InChI=1S/C17H28N4O2.HI/c1-12(2)21-16(22)8-9-19-17(18-4)20-11-14-7-6-13(3)10-15(14)23-5;/h6-7,10,12H,8-9,11H2,1-5H3,(H,21,22)(H2,18,19,20);1H. The van der Waals surface area contributed by atoms with E-state index >= 15 is 0 Å². The lowest BCUT2D eigenvalue weighted by Gasteiger charge is -2.14. The van der Waals surface area contributed by atoms with Crippen molar-refractivity contribution in [1.82, 2.24) is 16.0 Å². The molecule has 0 saturated heterocycles. The number of hydrogen-bond acceptors (Lipinski definition) is 3. The minimum atomic E-state index is 0. The first-order chi connectivity index (χ1) is 11.0. The van der Waals surface area contributed by atoms with E-state index in [0.717, 1.165) is 16.9 Å². The molecule has 1 rings (SSSR count). The zero-order chi connectivity index (χ0) is 17.2. The van der Waals surface area contributed by atoms with Gasteiger partial charge in [-0.3, -0.25) is 9.79 Å². The third-order valence-electron chi connectivity index (χ3n) is 3.21. The third kappa shape index (κ3) is 8.37. The molecule has 6 nitrogen and oxygen atoms in total. The van der Waals surface area contributed by atoms with Crippen molar-refractivity contribution in [1.29, 1.82) is 0 Å². The number of aryl methyl sites for hydroxylation is 1. The van der Waals surface area contributed by atoms with Gasteiger partial charge in [0.2, 0.25) is 5.91 Å². The van der Waals surface area contributed by atoms with Crippen LogP contribution in [0.15, 0.2) is 23.2 Å². The molecule has 0 fully saturated rings. The number of guanidine groups is 1. The van der Waals surface area contributed by atoms with Crippen LogP contribution in [0.2, 0.25) is 0 Å². The van der Waals surface area contributed by atoms with E-state index in [1.54, 1.807) is 14.2 Å². The third-order valence-corrected chi connectivity index (χ3v) is 3.21. The quantitative estimate of drug-likeness (QED) is 0.340. The van der Waals surface area contributed by atoms with E-state index in [9.17, 15) is 4.79 Å². The average molecular weight is 448 g/mol. The van der Waals surface area contributed by atoms with Gasteiger partial charge in [-0.1, -0.05) is 12.1 Å². The fourth-order valence-corrected chi connectivity index (χ4v) is 2.09. The van der Waals surface area contributed by atoms with E-state index in [2.05, 4.69) is 20.9 Å². The van der Waals surface area contributed by atoms with Crippen LogP contribution in [0.1, 0.15) is 31.4 Å². The maximum absolute atomic E-state index is 11.6. The van der Waals surface area contributed by atoms with E-state index in [0.29, 0.717) is 25.5 Å². The number of carbonyl (C=O) groups excluding carboxylic acids is 1. The number of hydrogen-bond donors (Lipinski definition) is 3. The Morgan fingerprint density at radius 3 is 2.58 bits per heavy atom. The Kier molecular flexibility index (Phi) is 11.2. The number of halogens is 1. The van der Waals surface area contributed by atoms with Crippen LogP contribution in [-0.2, 0) is 11.3 Å². The van der Waals surface area contributed by atoms with Gasteiger partial charge in [-0.05, 0) is 32.4 Å². The van der Waals surface area contributed by atoms with Gasteiger partial charge in [0.05, 0.1) is 7.11 Å². The Bertz CT molecular complexity index is 547. The summed E-state index contributed by atoms with van der Waals surface area (Å²) in [6.07, 6.45) is 0.409. The van der Waals surface area contributed by atoms with Crippen molar-refractivity contribution < 1.29 is 9.53 Å². The van der Waals surface area contributed by atoms with Gasteiger partial charge < -0.3 is 20.7 Å². The summed E-state index contributed by atoms with van der Waals surface area (Å²) in [5.74, 6) is 1.54. The number of nitrogens with zero attached hydrogens (tertiary/aromatic N) is 1. The van der Waals surface area contributed by atoms with Crippen molar-refractivity contribution in [2.75, 3.05) is 20.7 Å². The van der Waals surface area contributed by atoms with Gasteiger partial charge in [0.25, 0.3) is 0 Å². The molecule has 0 aromatic heterocycles. The lowest BCUT2D eigenvalue weighted by molar-refractivity contribution is -0.121. The fourth-order valence-electron chi connectivity index (χ4n) is 2.09. The molecule has 0 radical (unpaired) electrons. The maximum atomic E-state index is 11.6. The molecule has 1 aromatic rings. The lowest BCUT2D eigenvalue weighted by Crippen LogP contribution is -2.39. The molecule has 0 spiro atoms. The molecule has 0 heterocycles. The SMILES string of the molecule is CN=C(NCCC(=O)NC(C)C)NCc1ccc(C)cc1OC.I. The van der Waals surface area contributed by atoms with E-state index in [1.807, 2.05) is 39.0 Å². The summed E-state index contributed by atoms with van der Waals surface area (Å²) in [6, 6.07) is 6.24. The highest BCUT2D eigenvalue weighted by Gasteiger charge is 2.06. The summed E-state index contributed by atoms with van der Waals surface area (Å²) in [6.45, 7) is 7.05. The van der Waals surface area contributed by atoms with E-state index in [1.165, 1.54) is 0 Å². The molecule has 1 amide bonds. The van der Waals surface area contributed by atoms with Crippen LogP contribution in [0.4, 0.5) is 0 Å². The molecule has 0 bridgehead atoms. The number of rotatable bonds is 7. The maximum Gasteiger partial charge on any atom is 0.221 e. The Labute approximate surface area is 161 Å². The number of carbonyl (C=O) groups is 1. The molecule has 0 aliphatic heterocycles. The zero-order valence-electron chi connectivity index (χ0n) is 15.1. The second kappa shape index (κ2) is 11.9. The van der Waals surface area contributed by atoms with Crippen LogP contribution < -0.4 is 20.7 Å². The summed E-state index contributed by atoms with van der Waals surface area (Å²) >= 11 is 0. The van der Waals surface area contributed by atoms with Gasteiger partial charge in [0.1, 0.15) is 5.75 Å². The summed E-state index contributed by atoms with van der Waals surface area (Å²) in [4.78, 5) is 15.7. The minimum Gasteiger partial charge on any atom is -0.496 e. The molecule has 0 atom stereocenters. The van der Waals surface area contributed by atoms with Gasteiger partial charge in [-0.25, -0.2) is 0 Å². The van der Waals surface area contributed by atoms with Crippen LogP contribution in [0.3, 0.4) is 0 Å². The highest BCUT2D eigenvalue weighted by molar-refractivity contribution is 14.0. The second-order valence-electron chi connectivity index (χ2n) is 5.64. The number of nitrogens with one attached hydrogen (secondary N) is 3. The molecule has 136 valence electrons. The summed E-state index contributed by atoms with van der Waals surface area (Å²) < 4.78 is 5.39. The van der Waals surface area contributed by atoms with Gasteiger partial charge in [-0.15, -0.1) is 24.0 Å². The van der Waals surface area contributed by atoms with Crippen LogP contribution in [-0.4, -0.2) is 38.6 Å². The first-order valence-electron chi connectivity index (χ1n) is 7.83. The molecule has 0 saturated carbocycles. The molecule has 1 aromatic carbocycles. The van der Waals surface area contributed by atoms with Gasteiger partial charge in [-0.2, -0.15) is 0 Å². The van der Waals surface area contributed by atoms with Gasteiger partial charge in [0.15, 0.2) is 5.96 Å². The van der Waals surface area contributed by atoms with Crippen molar-refractivity contribution >= 4 is 35.8 Å². The average Bonchev–Trinajstić information content (AvgIpc) is 2.50. The largest absolute Gasteiger partial charge is 0.496 e. The summed E-state index contributed by atoms with van der Waals surface area (Å²) in [5, 5.41) is 9.21. The van der Waals surface area contributed by atoms with E-state index < -0.39 is 0 Å². The molecule has 0 aliphatic carbocycles. The van der Waals surface area contributed by atoms with Crippen molar-refractivity contribution in [3.8, 4) is 5.75 Å². The normalized spacial score (nSPS) is 10.8. The number of ether oxygens (including phenoxy) is 1. The Morgan fingerprint density at radius 1 is 1.29 bits per heavy atom. The first-order valence-corrected chi connectivity index (χ1v) is 7.83. The molecular formula is C17H29IN4O2. The summed E-state index contributed by atoms with van der Waals surface area (Å²) in [5.41, 5.74) is 2.21. The predicted molar refractivity (Wildman–Crippen MR) is 109 cm³/mol. The molecule has 24 heavy (non-hydrogen) atoms. The number of amides is 1. The molecule has 0 unspecified atom stereocenters. The Balaban J connectivity index is 0.00000529. The highest BCUT2D eigenvalue weighted by atomic mass is 127. The molecular weight excluding hydrogens is 419 g/mol. The van der Waals surface area contributed by atoms with Crippen LogP contribution in [0.25, 0.3) is 0 Å². The molecule has 0 aliphatic rings. The number of methoxy groups -OCH3 is 1. The van der Waals surface area contributed by atoms with Crippen molar-refractivity contribution in [3.05, 3.63) is 29.3 Å². The number of benzene rings is 1. The summed E-state index contributed by atoms with van der Waals surface area (Å²) in [7, 11) is 3.37. The van der Waals surface area contributed by atoms with Crippen molar-refractivity contribution in [2.24, 2.45) is 4.99 Å². The smallest absolute Gasteiger partial charge is 0.221 e. The number of aliphatic imine (C=N–C) groups is 1. The monoisotopic (exact) mass is 448 g/mol. The van der Waals surface area contributed by atoms with Gasteiger partial charge >= 0.3 is 0 Å². The first kappa shape index (κ1) is 22.5. The highest BCUT2D eigenvalue weighted by Crippen LogP contribution is 2.19. The zero-order valence-corrected chi connectivity index (χ0v) is 17.4. The molecule has 3 N–H and O–H groups in total. The minimum absolute atomic E-state index is 0. The second-order valence-corrected chi connectivity index (χ2v) is 5.64. The van der Waals surface area contributed by atoms with E-state index in [4.69, 9.17) is 4.74 Å². The van der Waals surface area contributed by atoms with E-state index in [-0.39, 0.29) is 35.9 Å². The topological polar surface area (TPSA) is 74.8 Å². The lowest BCUT2D eigenvalue weighted by atomic mass is 10.1. The Hall–Kier alpha value is -1.51. The fraction of sp³-hybridized carbons (Fsp3) is 0.529. The Morgan fingerprint density at radius 2 is 2.00 bits per heavy atom.